The van der Waals surface area contributed by atoms with Gasteiger partial charge in [0.2, 0.25) is 0 Å². The summed E-state index contributed by atoms with van der Waals surface area (Å²) in [6, 6.07) is 0. The molecule has 1 aliphatic carbocycles. The van der Waals surface area contributed by atoms with Gasteiger partial charge in [-0.1, -0.05) is 12.8 Å². The van der Waals surface area contributed by atoms with Crippen LogP contribution in [0.3, 0.4) is 0 Å². The van der Waals surface area contributed by atoms with Crippen molar-refractivity contribution in [3.05, 3.63) is 0 Å². The van der Waals surface area contributed by atoms with Crippen molar-refractivity contribution in [3.8, 4) is 0 Å². The van der Waals surface area contributed by atoms with Crippen LogP contribution < -0.4 is 0 Å². The number of carbonyl (C=O) groups is 1. The number of hydrogen-bond acceptors (Lipinski definition) is 4. The molecule has 1 saturated heterocycles. The second-order valence-corrected chi connectivity index (χ2v) is 5.15. The molecule has 0 bridgehead atoms. The van der Waals surface area contributed by atoms with Gasteiger partial charge in [0.1, 0.15) is 0 Å². The Morgan fingerprint density at radius 2 is 1.82 bits per heavy atom. The highest BCUT2D eigenvalue weighted by Gasteiger charge is 2.57. The van der Waals surface area contributed by atoms with Gasteiger partial charge in [0.25, 0.3) is 0 Å². The number of rotatable bonds is 3. The summed E-state index contributed by atoms with van der Waals surface area (Å²) >= 11 is 0. The molecule has 0 atom stereocenters. The third-order valence-corrected chi connectivity index (χ3v) is 4.33. The fraction of sp³-hybridized carbons (Fsp3) is 0.923. The van der Waals surface area contributed by atoms with E-state index in [9.17, 15) is 9.90 Å². The predicted octanol–water partition coefficient (Wildman–Crippen LogP) is 1.65. The summed E-state index contributed by atoms with van der Waals surface area (Å²) in [4.78, 5) is 12.2. The Bertz CT molecular complexity index is 275. The van der Waals surface area contributed by atoms with Crippen molar-refractivity contribution in [1.82, 2.24) is 0 Å². The van der Waals surface area contributed by atoms with E-state index in [1.165, 1.54) is 0 Å². The fourth-order valence-corrected chi connectivity index (χ4v) is 3.29. The van der Waals surface area contributed by atoms with E-state index >= 15 is 0 Å². The van der Waals surface area contributed by atoms with E-state index in [1.54, 1.807) is 0 Å². The van der Waals surface area contributed by atoms with Crippen LogP contribution in [0.4, 0.5) is 0 Å². The summed E-state index contributed by atoms with van der Waals surface area (Å²) in [5, 5.41) is 10.8. The highest BCUT2D eigenvalue weighted by Crippen LogP contribution is 2.51. The third kappa shape index (κ3) is 2.08. The van der Waals surface area contributed by atoms with E-state index < -0.39 is 11.0 Å². The molecule has 0 radical (unpaired) electrons. The lowest BCUT2D eigenvalue weighted by Crippen LogP contribution is -2.55. The summed E-state index contributed by atoms with van der Waals surface area (Å²) in [7, 11) is 0. The van der Waals surface area contributed by atoms with Gasteiger partial charge >= 0.3 is 5.97 Å². The topological polar surface area (TPSA) is 55.8 Å². The highest BCUT2D eigenvalue weighted by molar-refractivity contribution is 5.79. The van der Waals surface area contributed by atoms with Crippen LogP contribution >= 0.6 is 0 Å². The van der Waals surface area contributed by atoms with Gasteiger partial charge in [0, 0.05) is 26.1 Å². The van der Waals surface area contributed by atoms with Crippen LogP contribution in [0.1, 0.15) is 45.4 Å². The number of ether oxygens (including phenoxy) is 2. The molecule has 0 spiro atoms. The van der Waals surface area contributed by atoms with Crippen LogP contribution in [0.25, 0.3) is 0 Å². The normalized spacial score (nSPS) is 26.7. The summed E-state index contributed by atoms with van der Waals surface area (Å²) in [6.07, 6.45) is 4.60. The van der Waals surface area contributed by atoms with Crippen LogP contribution in [0.2, 0.25) is 0 Å². The van der Waals surface area contributed by atoms with Crippen molar-refractivity contribution in [1.29, 1.82) is 0 Å². The molecule has 0 aromatic rings. The first-order valence-electron chi connectivity index (χ1n) is 6.62. The molecule has 2 rings (SSSR count). The first-order valence-corrected chi connectivity index (χ1v) is 6.62. The maximum atomic E-state index is 12.2. The standard InChI is InChI=1S/C13H22O4/c1-2-17-11(14)12(5-3-4-6-12)13(15)7-9-16-10-8-13/h15H,2-10H2,1H3. The van der Waals surface area contributed by atoms with E-state index in [0.717, 1.165) is 25.7 Å². The van der Waals surface area contributed by atoms with Crippen LogP contribution in [0.5, 0.6) is 0 Å². The van der Waals surface area contributed by atoms with Gasteiger partial charge in [-0.15, -0.1) is 0 Å². The minimum Gasteiger partial charge on any atom is -0.465 e. The Hall–Kier alpha value is -0.610. The molecule has 0 unspecified atom stereocenters. The fourth-order valence-electron chi connectivity index (χ4n) is 3.29. The van der Waals surface area contributed by atoms with Gasteiger partial charge in [-0.3, -0.25) is 4.79 Å². The summed E-state index contributed by atoms with van der Waals surface area (Å²) in [5.41, 5.74) is -1.60. The molecule has 1 heterocycles. The zero-order valence-electron chi connectivity index (χ0n) is 10.5. The minimum absolute atomic E-state index is 0.207. The summed E-state index contributed by atoms with van der Waals surface area (Å²) in [5.74, 6) is -0.207. The Balaban J connectivity index is 2.23. The lowest BCUT2D eigenvalue weighted by molar-refractivity contribution is -0.188. The van der Waals surface area contributed by atoms with Crippen molar-refractivity contribution in [2.45, 2.75) is 51.0 Å². The third-order valence-electron chi connectivity index (χ3n) is 4.33. The zero-order chi connectivity index (χ0) is 12.4. The monoisotopic (exact) mass is 242 g/mol. The first kappa shape index (κ1) is 12.8. The first-order chi connectivity index (χ1) is 8.15. The summed E-state index contributed by atoms with van der Waals surface area (Å²) in [6.45, 7) is 3.27. The van der Waals surface area contributed by atoms with Gasteiger partial charge in [-0.25, -0.2) is 0 Å². The SMILES string of the molecule is CCOC(=O)C1(C2(O)CCOCC2)CCCC1. The number of carbonyl (C=O) groups excluding carboxylic acids is 1. The van der Waals surface area contributed by atoms with Gasteiger partial charge in [0.05, 0.1) is 17.6 Å². The van der Waals surface area contributed by atoms with E-state index in [2.05, 4.69) is 0 Å². The quantitative estimate of drug-likeness (QED) is 0.765. The Morgan fingerprint density at radius 3 is 2.35 bits per heavy atom. The number of hydrogen-bond donors (Lipinski definition) is 1. The van der Waals surface area contributed by atoms with E-state index in [4.69, 9.17) is 9.47 Å². The molecular formula is C13H22O4. The molecule has 1 saturated carbocycles. The van der Waals surface area contributed by atoms with Crippen LogP contribution in [0, 0.1) is 5.41 Å². The molecule has 0 aromatic carbocycles. The second-order valence-electron chi connectivity index (χ2n) is 5.15. The summed E-state index contributed by atoms with van der Waals surface area (Å²) < 4.78 is 10.5. The van der Waals surface area contributed by atoms with Crippen molar-refractivity contribution in [2.75, 3.05) is 19.8 Å². The molecule has 2 aliphatic rings. The van der Waals surface area contributed by atoms with E-state index in [0.29, 0.717) is 32.7 Å². The highest BCUT2D eigenvalue weighted by atomic mass is 16.5. The number of esters is 1. The molecule has 98 valence electrons. The maximum absolute atomic E-state index is 12.2. The number of aliphatic hydroxyl groups is 1. The Morgan fingerprint density at radius 1 is 1.24 bits per heavy atom. The van der Waals surface area contributed by atoms with Crippen molar-refractivity contribution in [3.63, 3.8) is 0 Å². The molecule has 0 amide bonds. The van der Waals surface area contributed by atoms with Crippen molar-refractivity contribution >= 4 is 5.97 Å². The molecule has 1 aliphatic heterocycles. The van der Waals surface area contributed by atoms with Gasteiger partial charge in [0.15, 0.2) is 0 Å². The van der Waals surface area contributed by atoms with Crippen LogP contribution in [-0.2, 0) is 14.3 Å². The van der Waals surface area contributed by atoms with Crippen LogP contribution in [0.15, 0.2) is 0 Å². The maximum Gasteiger partial charge on any atom is 0.315 e. The average molecular weight is 242 g/mol. The predicted molar refractivity (Wildman–Crippen MR) is 62.5 cm³/mol. The second kappa shape index (κ2) is 4.94. The van der Waals surface area contributed by atoms with Gasteiger partial charge in [-0.2, -0.15) is 0 Å². The lowest BCUT2D eigenvalue weighted by Gasteiger charge is -2.45. The van der Waals surface area contributed by atoms with E-state index in [-0.39, 0.29) is 5.97 Å². The Labute approximate surface area is 102 Å². The molecule has 17 heavy (non-hydrogen) atoms. The lowest BCUT2D eigenvalue weighted by atomic mass is 9.66. The van der Waals surface area contributed by atoms with Gasteiger partial charge < -0.3 is 14.6 Å². The minimum atomic E-state index is -0.923. The van der Waals surface area contributed by atoms with E-state index in [1.807, 2.05) is 6.92 Å². The smallest absolute Gasteiger partial charge is 0.315 e. The Kier molecular flexibility index (Phi) is 3.73. The zero-order valence-corrected chi connectivity index (χ0v) is 10.5. The van der Waals surface area contributed by atoms with Crippen molar-refractivity contribution in [2.24, 2.45) is 5.41 Å². The van der Waals surface area contributed by atoms with Crippen LogP contribution in [-0.4, -0.2) is 36.5 Å². The van der Waals surface area contributed by atoms with Crippen molar-refractivity contribution < 1.29 is 19.4 Å². The largest absolute Gasteiger partial charge is 0.465 e. The van der Waals surface area contributed by atoms with Gasteiger partial charge in [-0.05, 0) is 19.8 Å². The average Bonchev–Trinajstić information content (AvgIpc) is 2.81. The molecular weight excluding hydrogens is 220 g/mol. The molecule has 2 fully saturated rings. The molecule has 0 aromatic heterocycles. The molecule has 4 heteroatoms. The molecule has 1 N–H and O–H groups in total. The molecule has 4 nitrogen and oxygen atoms in total.